The molecule has 0 N–H and O–H groups in total. The lowest BCUT2D eigenvalue weighted by Gasteiger charge is -2.47. The summed E-state index contributed by atoms with van der Waals surface area (Å²) in [6.45, 7) is 8.79. The fraction of sp³-hybridized carbons (Fsp3) is 0.526. The number of piperidine rings is 2. The molecule has 0 unspecified atom stereocenters. The van der Waals surface area contributed by atoms with E-state index in [1.165, 1.54) is 12.1 Å². The highest BCUT2D eigenvalue weighted by Crippen LogP contribution is 2.42. The number of likely N-dealkylation sites (tertiary alicyclic amines) is 1. The van der Waals surface area contributed by atoms with Gasteiger partial charge in [-0.05, 0) is 62.3 Å². The predicted molar refractivity (Wildman–Crippen MR) is 92.4 cm³/mol. The van der Waals surface area contributed by atoms with E-state index in [1.807, 2.05) is 12.1 Å². The highest BCUT2D eigenvalue weighted by Gasteiger charge is 2.38. The minimum Gasteiger partial charge on any atom is -0.416 e. The van der Waals surface area contributed by atoms with Crippen molar-refractivity contribution in [2.45, 2.75) is 32.6 Å². The van der Waals surface area contributed by atoms with Crippen LogP contribution in [0.5, 0.6) is 0 Å². The van der Waals surface area contributed by atoms with Crippen molar-refractivity contribution in [1.29, 1.82) is 0 Å². The van der Waals surface area contributed by atoms with Gasteiger partial charge in [-0.15, -0.1) is 0 Å². The van der Waals surface area contributed by atoms with E-state index in [0.29, 0.717) is 11.2 Å². The molecule has 3 rings (SSSR count). The number of benzene rings is 1. The van der Waals surface area contributed by atoms with Crippen LogP contribution in [0.2, 0.25) is 0 Å². The SMILES string of the molecule is C=C(C)OC(=O)N1CCC2(CC1)CCN(c1ccc(F)cc1)CC2. The van der Waals surface area contributed by atoms with E-state index in [2.05, 4.69) is 11.5 Å². The van der Waals surface area contributed by atoms with Gasteiger partial charge in [-0.1, -0.05) is 6.58 Å². The van der Waals surface area contributed by atoms with Gasteiger partial charge in [-0.3, -0.25) is 0 Å². The fourth-order valence-electron chi connectivity index (χ4n) is 3.77. The lowest BCUT2D eigenvalue weighted by atomic mass is 9.71. The Morgan fingerprint density at radius 2 is 1.62 bits per heavy atom. The quantitative estimate of drug-likeness (QED) is 0.762. The summed E-state index contributed by atoms with van der Waals surface area (Å²) in [7, 11) is 0. The van der Waals surface area contributed by atoms with Crippen molar-refractivity contribution in [3.05, 3.63) is 42.4 Å². The number of halogens is 1. The number of allylic oxidation sites excluding steroid dienone is 1. The third kappa shape index (κ3) is 3.71. The molecular formula is C19H25FN2O2. The summed E-state index contributed by atoms with van der Waals surface area (Å²) in [5.74, 6) is 0.245. The number of amides is 1. The fourth-order valence-corrected chi connectivity index (χ4v) is 3.77. The molecule has 5 heteroatoms. The average molecular weight is 332 g/mol. The van der Waals surface area contributed by atoms with Crippen molar-refractivity contribution >= 4 is 11.8 Å². The van der Waals surface area contributed by atoms with Crippen molar-refractivity contribution < 1.29 is 13.9 Å². The maximum atomic E-state index is 13.1. The maximum absolute atomic E-state index is 13.1. The third-order valence-corrected chi connectivity index (χ3v) is 5.36. The van der Waals surface area contributed by atoms with Gasteiger partial charge >= 0.3 is 6.09 Å². The number of carbonyl (C=O) groups excluding carboxylic acids is 1. The van der Waals surface area contributed by atoms with Crippen molar-refractivity contribution in [2.24, 2.45) is 5.41 Å². The molecule has 2 heterocycles. The molecule has 0 bridgehead atoms. The van der Waals surface area contributed by atoms with E-state index in [9.17, 15) is 9.18 Å². The van der Waals surface area contributed by atoms with Gasteiger partial charge in [0.1, 0.15) is 5.82 Å². The van der Waals surface area contributed by atoms with Crippen LogP contribution in [0.1, 0.15) is 32.6 Å². The van der Waals surface area contributed by atoms with E-state index in [4.69, 9.17) is 4.74 Å². The van der Waals surface area contributed by atoms with Crippen LogP contribution < -0.4 is 4.90 Å². The number of hydrogen-bond donors (Lipinski definition) is 0. The predicted octanol–water partition coefficient (Wildman–Crippen LogP) is 4.18. The third-order valence-electron chi connectivity index (χ3n) is 5.36. The molecule has 1 aromatic carbocycles. The Kier molecular flexibility index (Phi) is 4.78. The number of carbonyl (C=O) groups is 1. The van der Waals surface area contributed by atoms with Gasteiger partial charge < -0.3 is 14.5 Å². The Balaban J connectivity index is 1.52. The number of anilines is 1. The Hall–Kier alpha value is -2.04. The summed E-state index contributed by atoms with van der Waals surface area (Å²) in [6.07, 6.45) is 4.01. The van der Waals surface area contributed by atoms with Crippen LogP contribution in [0.25, 0.3) is 0 Å². The Morgan fingerprint density at radius 1 is 1.08 bits per heavy atom. The standard InChI is InChI=1S/C19H25FN2O2/c1-15(2)24-18(23)22-13-9-19(10-14-22)7-11-21(12-8-19)17-5-3-16(20)4-6-17/h3-6H,1,7-14H2,2H3. The van der Waals surface area contributed by atoms with Crippen LogP contribution in [0, 0.1) is 11.2 Å². The zero-order chi connectivity index (χ0) is 17.2. The first-order valence-electron chi connectivity index (χ1n) is 8.60. The van der Waals surface area contributed by atoms with Crippen LogP contribution in [-0.4, -0.2) is 37.2 Å². The number of nitrogens with zero attached hydrogens (tertiary/aromatic N) is 2. The smallest absolute Gasteiger partial charge is 0.414 e. The molecule has 0 radical (unpaired) electrons. The zero-order valence-electron chi connectivity index (χ0n) is 14.3. The van der Waals surface area contributed by atoms with Gasteiger partial charge in [-0.25, -0.2) is 9.18 Å². The molecule has 24 heavy (non-hydrogen) atoms. The van der Waals surface area contributed by atoms with Crippen molar-refractivity contribution in [3.8, 4) is 0 Å². The first-order chi connectivity index (χ1) is 11.5. The van der Waals surface area contributed by atoms with E-state index < -0.39 is 0 Å². The molecule has 0 saturated carbocycles. The summed E-state index contributed by atoms with van der Waals surface area (Å²) >= 11 is 0. The molecule has 2 aliphatic rings. The minimum atomic E-state index is -0.277. The van der Waals surface area contributed by atoms with Gasteiger partial charge in [0.2, 0.25) is 0 Å². The van der Waals surface area contributed by atoms with E-state index in [1.54, 1.807) is 11.8 Å². The lowest BCUT2D eigenvalue weighted by molar-refractivity contribution is 0.0672. The summed E-state index contributed by atoms with van der Waals surface area (Å²) in [6, 6.07) is 6.74. The van der Waals surface area contributed by atoms with Gasteiger partial charge in [0.15, 0.2) is 0 Å². The van der Waals surface area contributed by atoms with Crippen LogP contribution >= 0.6 is 0 Å². The maximum Gasteiger partial charge on any atom is 0.414 e. The highest BCUT2D eigenvalue weighted by molar-refractivity contribution is 5.68. The van der Waals surface area contributed by atoms with E-state index in [-0.39, 0.29) is 11.9 Å². The van der Waals surface area contributed by atoms with Crippen LogP contribution in [0.15, 0.2) is 36.6 Å². The van der Waals surface area contributed by atoms with Crippen molar-refractivity contribution in [2.75, 3.05) is 31.1 Å². The number of ether oxygens (including phenoxy) is 1. The molecule has 0 aliphatic carbocycles. The lowest BCUT2D eigenvalue weighted by Crippen LogP contribution is -2.48. The number of rotatable bonds is 2. The van der Waals surface area contributed by atoms with Crippen molar-refractivity contribution in [1.82, 2.24) is 4.90 Å². The van der Waals surface area contributed by atoms with Gasteiger partial charge in [0.05, 0.1) is 5.76 Å². The highest BCUT2D eigenvalue weighted by atomic mass is 19.1. The first kappa shape index (κ1) is 16.8. The molecule has 1 spiro atoms. The topological polar surface area (TPSA) is 32.8 Å². The normalized spacial score (nSPS) is 20.1. The largest absolute Gasteiger partial charge is 0.416 e. The van der Waals surface area contributed by atoms with Crippen molar-refractivity contribution in [3.63, 3.8) is 0 Å². The molecular weight excluding hydrogens is 307 g/mol. The van der Waals surface area contributed by atoms with Crippen LogP contribution in [0.3, 0.4) is 0 Å². The zero-order valence-corrected chi connectivity index (χ0v) is 14.3. The first-order valence-corrected chi connectivity index (χ1v) is 8.60. The van der Waals surface area contributed by atoms with Gasteiger partial charge in [0.25, 0.3) is 0 Å². The Labute approximate surface area is 142 Å². The second-order valence-corrected chi connectivity index (χ2v) is 7.02. The molecule has 2 fully saturated rings. The minimum absolute atomic E-state index is 0.193. The molecule has 2 saturated heterocycles. The second-order valence-electron chi connectivity index (χ2n) is 7.02. The van der Waals surface area contributed by atoms with Gasteiger partial charge in [-0.2, -0.15) is 0 Å². The van der Waals surface area contributed by atoms with Crippen LogP contribution in [-0.2, 0) is 4.74 Å². The summed E-state index contributed by atoms with van der Waals surface area (Å²) < 4.78 is 18.2. The number of hydrogen-bond acceptors (Lipinski definition) is 3. The van der Waals surface area contributed by atoms with E-state index in [0.717, 1.165) is 57.5 Å². The average Bonchev–Trinajstić information content (AvgIpc) is 2.56. The molecule has 1 amide bonds. The second kappa shape index (κ2) is 6.83. The Bertz CT molecular complexity index is 596. The molecule has 1 aromatic rings. The Morgan fingerprint density at radius 3 is 2.17 bits per heavy atom. The van der Waals surface area contributed by atoms with Crippen LogP contribution in [0.4, 0.5) is 14.9 Å². The monoisotopic (exact) mass is 332 g/mol. The molecule has 0 aromatic heterocycles. The summed E-state index contributed by atoms with van der Waals surface area (Å²) in [4.78, 5) is 16.1. The molecule has 130 valence electrons. The summed E-state index contributed by atoms with van der Waals surface area (Å²) in [5, 5.41) is 0. The summed E-state index contributed by atoms with van der Waals surface area (Å²) in [5.41, 5.74) is 1.42. The van der Waals surface area contributed by atoms with Gasteiger partial charge in [0, 0.05) is 31.9 Å². The molecule has 0 atom stereocenters. The molecule has 4 nitrogen and oxygen atoms in total. The van der Waals surface area contributed by atoms with E-state index >= 15 is 0 Å². The molecule has 2 aliphatic heterocycles.